The average Bonchev–Trinajstić information content (AvgIpc) is 2.65. The highest BCUT2D eigenvalue weighted by Crippen LogP contribution is 2.09. The van der Waals surface area contributed by atoms with Gasteiger partial charge in [-0.15, -0.1) is 0 Å². The van der Waals surface area contributed by atoms with E-state index in [0.29, 0.717) is 6.42 Å². The number of rotatable bonds is 8. The summed E-state index contributed by atoms with van der Waals surface area (Å²) in [5.41, 5.74) is 6.80. The van der Waals surface area contributed by atoms with E-state index in [4.69, 9.17) is 0 Å². The Morgan fingerprint density at radius 3 is 1.59 bits per heavy atom. The number of halogens is 2. The zero-order valence-electron chi connectivity index (χ0n) is 14.4. The standard InChI is InChI=1S/C19H18I2N4O2/c20-16-8-3-1-6-14(16)12-22-24-18(26)10-5-11-19(27)25-23-13-15-7-2-4-9-17(15)21/h1-4,6-9,12-13H,5,10-11H2,(H,24,26)(H,25,27). The maximum atomic E-state index is 11.7. The van der Waals surface area contributed by atoms with Crippen molar-refractivity contribution in [3.05, 3.63) is 66.8 Å². The summed E-state index contributed by atoms with van der Waals surface area (Å²) in [6.45, 7) is 0. The second-order valence-corrected chi connectivity index (χ2v) is 7.81. The number of amides is 2. The number of nitrogens with one attached hydrogen (secondary N) is 2. The van der Waals surface area contributed by atoms with Gasteiger partial charge >= 0.3 is 0 Å². The molecule has 27 heavy (non-hydrogen) atoms. The van der Waals surface area contributed by atoms with Gasteiger partial charge in [0.05, 0.1) is 12.4 Å². The molecule has 0 aliphatic heterocycles. The number of carbonyl (C=O) groups excluding carboxylic acids is 2. The van der Waals surface area contributed by atoms with E-state index >= 15 is 0 Å². The summed E-state index contributed by atoms with van der Waals surface area (Å²) in [6, 6.07) is 15.4. The molecule has 2 N–H and O–H groups in total. The minimum Gasteiger partial charge on any atom is -0.273 e. The third-order valence-electron chi connectivity index (χ3n) is 3.40. The molecule has 0 radical (unpaired) electrons. The zero-order chi connectivity index (χ0) is 19.5. The molecular weight excluding hydrogens is 570 g/mol. The minimum absolute atomic E-state index is 0.219. The van der Waals surface area contributed by atoms with Crippen molar-refractivity contribution in [3.8, 4) is 0 Å². The smallest absolute Gasteiger partial charge is 0.240 e. The first-order valence-corrected chi connectivity index (χ1v) is 10.3. The van der Waals surface area contributed by atoms with Crippen LogP contribution in [0, 0.1) is 7.14 Å². The van der Waals surface area contributed by atoms with E-state index in [9.17, 15) is 9.59 Å². The van der Waals surface area contributed by atoms with Crippen LogP contribution < -0.4 is 10.9 Å². The van der Waals surface area contributed by atoms with Crippen LogP contribution in [0.3, 0.4) is 0 Å². The zero-order valence-corrected chi connectivity index (χ0v) is 18.7. The molecule has 2 rings (SSSR count). The highest BCUT2D eigenvalue weighted by molar-refractivity contribution is 14.1. The maximum Gasteiger partial charge on any atom is 0.240 e. The highest BCUT2D eigenvalue weighted by Gasteiger charge is 2.04. The molecule has 8 heteroatoms. The van der Waals surface area contributed by atoms with Crippen molar-refractivity contribution in [2.75, 3.05) is 0 Å². The molecule has 0 aliphatic rings. The van der Waals surface area contributed by atoms with E-state index in [1.54, 1.807) is 12.4 Å². The Morgan fingerprint density at radius 1 is 0.778 bits per heavy atom. The molecule has 2 aromatic rings. The first-order chi connectivity index (χ1) is 13.1. The molecule has 0 heterocycles. The van der Waals surface area contributed by atoms with Gasteiger partial charge in [0, 0.05) is 31.1 Å². The van der Waals surface area contributed by atoms with Crippen molar-refractivity contribution in [3.63, 3.8) is 0 Å². The Morgan fingerprint density at radius 2 is 1.19 bits per heavy atom. The van der Waals surface area contributed by atoms with E-state index in [2.05, 4.69) is 66.2 Å². The molecule has 2 amide bonds. The van der Waals surface area contributed by atoms with Gasteiger partial charge in [0.1, 0.15) is 0 Å². The number of hydrazone groups is 2. The Hall–Kier alpha value is -1.82. The Kier molecular flexibility index (Phi) is 9.39. The van der Waals surface area contributed by atoms with E-state index in [1.165, 1.54) is 0 Å². The van der Waals surface area contributed by atoms with Crippen LogP contribution in [-0.2, 0) is 9.59 Å². The monoisotopic (exact) mass is 588 g/mol. The van der Waals surface area contributed by atoms with Gasteiger partial charge in [-0.2, -0.15) is 10.2 Å². The minimum atomic E-state index is -0.229. The summed E-state index contributed by atoms with van der Waals surface area (Å²) >= 11 is 4.41. The Labute approximate surface area is 185 Å². The maximum absolute atomic E-state index is 11.7. The van der Waals surface area contributed by atoms with Crippen molar-refractivity contribution in [2.45, 2.75) is 19.3 Å². The van der Waals surface area contributed by atoms with E-state index < -0.39 is 0 Å². The van der Waals surface area contributed by atoms with Crippen LogP contribution in [-0.4, -0.2) is 24.2 Å². The van der Waals surface area contributed by atoms with Gasteiger partial charge in [-0.05, 0) is 63.7 Å². The van der Waals surface area contributed by atoms with Gasteiger partial charge in [-0.1, -0.05) is 36.4 Å². The average molecular weight is 588 g/mol. The van der Waals surface area contributed by atoms with Crippen LogP contribution in [0.4, 0.5) is 0 Å². The largest absolute Gasteiger partial charge is 0.273 e. The highest BCUT2D eigenvalue weighted by atomic mass is 127. The number of benzene rings is 2. The van der Waals surface area contributed by atoms with Crippen molar-refractivity contribution in [1.82, 2.24) is 10.9 Å². The van der Waals surface area contributed by atoms with Crippen LogP contribution >= 0.6 is 45.2 Å². The summed E-state index contributed by atoms with van der Waals surface area (Å²) in [5, 5.41) is 7.87. The third kappa shape index (κ3) is 8.16. The number of carbonyl (C=O) groups is 2. The lowest BCUT2D eigenvalue weighted by molar-refractivity contribution is -0.122. The Bertz CT molecular complexity index is 784. The summed E-state index contributed by atoms with van der Waals surface area (Å²) in [6.07, 6.45) is 4.07. The molecule has 0 unspecified atom stereocenters. The second-order valence-electron chi connectivity index (χ2n) is 5.48. The molecule has 0 aromatic heterocycles. The van der Waals surface area contributed by atoms with E-state index in [0.717, 1.165) is 18.3 Å². The molecule has 0 bridgehead atoms. The van der Waals surface area contributed by atoms with Crippen molar-refractivity contribution in [2.24, 2.45) is 10.2 Å². The number of hydrogen-bond donors (Lipinski definition) is 2. The summed E-state index contributed by atoms with van der Waals surface area (Å²) < 4.78 is 2.10. The van der Waals surface area contributed by atoms with Crippen LogP contribution in [0.25, 0.3) is 0 Å². The van der Waals surface area contributed by atoms with Crippen molar-refractivity contribution < 1.29 is 9.59 Å². The molecule has 0 fully saturated rings. The van der Waals surface area contributed by atoms with Gasteiger partial charge < -0.3 is 0 Å². The Balaban J connectivity index is 1.65. The second kappa shape index (κ2) is 11.8. The molecule has 0 saturated heterocycles. The first kappa shape index (κ1) is 21.5. The van der Waals surface area contributed by atoms with E-state index in [-0.39, 0.29) is 24.7 Å². The normalized spacial score (nSPS) is 11.0. The van der Waals surface area contributed by atoms with Gasteiger partial charge in [-0.3, -0.25) is 9.59 Å². The topological polar surface area (TPSA) is 82.9 Å². The van der Waals surface area contributed by atoms with Crippen LogP contribution in [0.5, 0.6) is 0 Å². The molecular formula is C19H18I2N4O2. The van der Waals surface area contributed by atoms with E-state index in [1.807, 2.05) is 48.5 Å². The summed E-state index contributed by atoms with van der Waals surface area (Å²) in [7, 11) is 0. The lowest BCUT2D eigenvalue weighted by atomic mass is 10.2. The lowest BCUT2D eigenvalue weighted by Gasteiger charge is -2.01. The van der Waals surface area contributed by atoms with Gasteiger partial charge in [-0.25, -0.2) is 10.9 Å². The van der Waals surface area contributed by atoms with Crippen LogP contribution in [0.15, 0.2) is 58.7 Å². The fraction of sp³-hybridized carbons (Fsp3) is 0.158. The van der Waals surface area contributed by atoms with Gasteiger partial charge in [0.2, 0.25) is 11.8 Å². The van der Waals surface area contributed by atoms with Crippen LogP contribution in [0.1, 0.15) is 30.4 Å². The molecule has 0 saturated carbocycles. The van der Waals surface area contributed by atoms with Gasteiger partial charge in [0.15, 0.2) is 0 Å². The SMILES string of the molecule is O=C(CCCC(=O)NN=Cc1ccccc1I)NN=Cc1ccccc1I. The predicted molar refractivity (Wildman–Crippen MR) is 124 cm³/mol. The fourth-order valence-electron chi connectivity index (χ4n) is 2.03. The molecule has 2 aromatic carbocycles. The number of nitrogens with zero attached hydrogens (tertiary/aromatic N) is 2. The molecule has 140 valence electrons. The molecule has 0 aliphatic carbocycles. The third-order valence-corrected chi connectivity index (χ3v) is 5.37. The number of hydrogen-bond acceptors (Lipinski definition) is 4. The predicted octanol–water partition coefficient (Wildman–Crippen LogP) is 3.67. The first-order valence-electron chi connectivity index (χ1n) is 8.19. The quantitative estimate of drug-likeness (QED) is 0.281. The van der Waals surface area contributed by atoms with Crippen molar-refractivity contribution in [1.29, 1.82) is 0 Å². The van der Waals surface area contributed by atoms with Gasteiger partial charge in [0.25, 0.3) is 0 Å². The van der Waals surface area contributed by atoms with Crippen LogP contribution in [0.2, 0.25) is 0 Å². The molecule has 6 nitrogen and oxygen atoms in total. The fourth-order valence-corrected chi connectivity index (χ4v) is 3.08. The molecule has 0 atom stereocenters. The molecule has 0 spiro atoms. The lowest BCUT2D eigenvalue weighted by Crippen LogP contribution is -2.20. The summed E-state index contributed by atoms with van der Waals surface area (Å²) in [4.78, 5) is 23.5. The van der Waals surface area contributed by atoms with Crippen molar-refractivity contribution >= 4 is 69.4 Å². The summed E-state index contributed by atoms with van der Waals surface area (Å²) in [5.74, 6) is -0.459.